The third-order valence-electron chi connectivity index (χ3n) is 4.75. The van der Waals surface area contributed by atoms with Crippen LogP contribution in [0.3, 0.4) is 0 Å². The van der Waals surface area contributed by atoms with Crippen molar-refractivity contribution in [3.63, 3.8) is 0 Å². The molecule has 1 aromatic carbocycles. The van der Waals surface area contributed by atoms with Crippen LogP contribution in [0.15, 0.2) is 36.0 Å². The van der Waals surface area contributed by atoms with E-state index in [4.69, 9.17) is 9.47 Å². The second-order valence-electron chi connectivity index (χ2n) is 6.23. The van der Waals surface area contributed by atoms with Gasteiger partial charge in [0.15, 0.2) is 5.79 Å². The van der Waals surface area contributed by atoms with Gasteiger partial charge in [0.2, 0.25) is 0 Å². The highest BCUT2D eigenvalue weighted by atomic mass is 16.7. The summed E-state index contributed by atoms with van der Waals surface area (Å²) in [5.74, 6) is -0.730. The van der Waals surface area contributed by atoms with Gasteiger partial charge in [-0.1, -0.05) is 37.3 Å². The quantitative estimate of drug-likeness (QED) is 0.928. The summed E-state index contributed by atoms with van der Waals surface area (Å²) in [4.78, 5) is 2.00. The number of likely N-dealkylation sites (N-methyl/N-ethyl adjacent to an activating group) is 1. The van der Waals surface area contributed by atoms with Gasteiger partial charge in [-0.15, -0.1) is 0 Å². The lowest BCUT2D eigenvalue weighted by molar-refractivity contribution is -0.169. The average molecular weight is 303 g/mol. The molecule has 1 heterocycles. The Morgan fingerprint density at radius 1 is 1.14 bits per heavy atom. The summed E-state index contributed by atoms with van der Waals surface area (Å²) in [6.07, 6.45) is 4.41. The minimum absolute atomic E-state index is 0.594. The third kappa shape index (κ3) is 2.26. The Hall–Kier alpha value is -1.36. The van der Waals surface area contributed by atoms with E-state index in [-0.39, 0.29) is 0 Å². The fourth-order valence-corrected chi connectivity index (χ4v) is 3.72. The van der Waals surface area contributed by atoms with Crippen LogP contribution in [0.5, 0.6) is 0 Å². The highest BCUT2D eigenvalue weighted by Gasteiger charge is 2.45. The van der Waals surface area contributed by atoms with E-state index < -0.39 is 11.4 Å². The van der Waals surface area contributed by atoms with Crippen molar-refractivity contribution in [2.24, 2.45) is 0 Å². The average Bonchev–Trinajstić information content (AvgIpc) is 3.15. The zero-order chi connectivity index (χ0) is 15.8. The SMILES string of the molecule is CCC1(c2ccccc2C2(O)CCC=C2N(C)C)OCCO1. The molecule has 1 aliphatic heterocycles. The molecule has 1 fully saturated rings. The van der Waals surface area contributed by atoms with Crippen LogP contribution in [0.2, 0.25) is 0 Å². The first-order chi connectivity index (χ1) is 10.5. The highest BCUT2D eigenvalue weighted by Crippen LogP contribution is 2.46. The topological polar surface area (TPSA) is 41.9 Å². The standard InChI is InChI=1S/C18H25NO3/c1-4-18(21-12-13-22-18)15-9-6-5-8-14(15)17(20)11-7-10-16(17)19(2)3/h5-6,8-10,20H,4,7,11-13H2,1-3H3. The first-order valence-electron chi connectivity index (χ1n) is 8.02. The van der Waals surface area contributed by atoms with Crippen LogP contribution < -0.4 is 0 Å². The van der Waals surface area contributed by atoms with E-state index in [0.29, 0.717) is 19.6 Å². The Labute approximate surface area is 132 Å². The highest BCUT2D eigenvalue weighted by molar-refractivity contribution is 5.43. The van der Waals surface area contributed by atoms with Crippen LogP contribution in [0.4, 0.5) is 0 Å². The van der Waals surface area contributed by atoms with Crippen LogP contribution in [-0.2, 0) is 20.9 Å². The van der Waals surface area contributed by atoms with E-state index in [9.17, 15) is 5.11 Å². The summed E-state index contributed by atoms with van der Waals surface area (Å²) in [6.45, 7) is 3.25. The number of hydrogen-bond acceptors (Lipinski definition) is 4. The number of aliphatic hydroxyl groups is 1. The predicted octanol–water partition coefficient (Wildman–Crippen LogP) is 2.72. The van der Waals surface area contributed by atoms with Crippen molar-refractivity contribution in [1.82, 2.24) is 4.90 Å². The normalized spacial score (nSPS) is 27.0. The molecule has 2 aliphatic rings. The van der Waals surface area contributed by atoms with Gasteiger partial charge in [-0.25, -0.2) is 0 Å². The van der Waals surface area contributed by atoms with Gasteiger partial charge in [0.05, 0.1) is 13.2 Å². The molecule has 120 valence electrons. The van der Waals surface area contributed by atoms with Crippen molar-refractivity contribution < 1.29 is 14.6 Å². The Morgan fingerprint density at radius 2 is 1.77 bits per heavy atom. The Kier molecular flexibility index (Phi) is 4.02. The molecular formula is C18H25NO3. The maximum Gasteiger partial charge on any atom is 0.195 e. The number of allylic oxidation sites excluding steroid dienone is 1. The van der Waals surface area contributed by atoms with Crippen molar-refractivity contribution in [2.45, 2.75) is 37.6 Å². The smallest absolute Gasteiger partial charge is 0.195 e. The van der Waals surface area contributed by atoms with Gasteiger partial charge in [0.25, 0.3) is 0 Å². The van der Waals surface area contributed by atoms with Gasteiger partial charge in [-0.3, -0.25) is 0 Å². The first-order valence-corrected chi connectivity index (χ1v) is 8.02. The summed E-state index contributed by atoms with van der Waals surface area (Å²) in [6, 6.07) is 7.98. The summed E-state index contributed by atoms with van der Waals surface area (Å²) in [5, 5.41) is 11.4. The minimum Gasteiger partial charge on any atom is -0.379 e. The molecule has 0 saturated carbocycles. The molecule has 1 aliphatic carbocycles. The number of rotatable bonds is 4. The molecular weight excluding hydrogens is 278 g/mol. The van der Waals surface area contributed by atoms with Crippen molar-refractivity contribution in [3.8, 4) is 0 Å². The number of ether oxygens (including phenoxy) is 2. The summed E-state index contributed by atoms with van der Waals surface area (Å²) >= 11 is 0. The molecule has 4 heteroatoms. The van der Waals surface area contributed by atoms with Gasteiger partial charge in [-0.05, 0) is 18.4 Å². The molecule has 1 N–H and O–H groups in total. The maximum absolute atomic E-state index is 11.4. The third-order valence-corrected chi connectivity index (χ3v) is 4.75. The molecule has 0 radical (unpaired) electrons. The van der Waals surface area contributed by atoms with Gasteiger partial charge >= 0.3 is 0 Å². The lowest BCUT2D eigenvalue weighted by Crippen LogP contribution is -2.37. The van der Waals surface area contributed by atoms with Gasteiger partial charge in [-0.2, -0.15) is 0 Å². The predicted molar refractivity (Wildman–Crippen MR) is 85.2 cm³/mol. The maximum atomic E-state index is 11.4. The lowest BCUT2D eigenvalue weighted by atomic mass is 9.83. The summed E-state index contributed by atoms with van der Waals surface area (Å²) < 4.78 is 11.9. The number of hydrogen-bond donors (Lipinski definition) is 1. The lowest BCUT2D eigenvalue weighted by Gasteiger charge is -2.37. The first kappa shape index (κ1) is 15.5. The van der Waals surface area contributed by atoms with Crippen LogP contribution in [0, 0.1) is 0 Å². The van der Waals surface area contributed by atoms with Gasteiger partial charge in [0, 0.05) is 31.8 Å². The fourth-order valence-electron chi connectivity index (χ4n) is 3.72. The van der Waals surface area contributed by atoms with E-state index in [2.05, 4.69) is 13.0 Å². The van der Waals surface area contributed by atoms with E-state index in [0.717, 1.165) is 29.7 Å². The van der Waals surface area contributed by atoms with E-state index >= 15 is 0 Å². The van der Waals surface area contributed by atoms with Crippen molar-refractivity contribution in [2.75, 3.05) is 27.3 Å². The molecule has 0 spiro atoms. The van der Waals surface area contributed by atoms with E-state index in [1.165, 1.54) is 0 Å². The van der Waals surface area contributed by atoms with Gasteiger partial charge in [0.1, 0.15) is 5.60 Å². The fraction of sp³-hybridized carbons (Fsp3) is 0.556. The molecule has 3 rings (SSSR count). The molecule has 22 heavy (non-hydrogen) atoms. The molecule has 1 atom stereocenters. The minimum atomic E-state index is -0.975. The summed E-state index contributed by atoms with van der Waals surface area (Å²) in [7, 11) is 3.95. The monoisotopic (exact) mass is 303 g/mol. The van der Waals surface area contributed by atoms with E-state index in [1.807, 2.05) is 43.3 Å². The van der Waals surface area contributed by atoms with E-state index in [1.54, 1.807) is 0 Å². The molecule has 0 aromatic heterocycles. The Balaban J connectivity index is 2.11. The summed E-state index contributed by atoms with van der Waals surface area (Å²) in [5.41, 5.74) is 1.82. The zero-order valence-corrected chi connectivity index (χ0v) is 13.6. The largest absolute Gasteiger partial charge is 0.379 e. The Morgan fingerprint density at radius 3 is 2.36 bits per heavy atom. The molecule has 1 aromatic rings. The van der Waals surface area contributed by atoms with Crippen molar-refractivity contribution in [1.29, 1.82) is 0 Å². The van der Waals surface area contributed by atoms with Gasteiger partial charge < -0.3 is 19.5 Å². The van der Waals surface area contributed by atoms with Crippen molar-refractivity contribution in [3.05, 3.63) is 47.2 Å². The second-order valence-corrected chi connectivity index (χ2v) is 6.23. The second kappa shape index (κ2) is 5.69. The van der Waals surface area contributed by atoms with Crippen LogP contribution in [-0.4, -0.2) is 37.3 Å². The van der Waals surface area contributed by atoms with Crippen LogP contribution in [0.1, 0.15) is 37.3 Å². The van der Waals surface area contributed by atoms with Crippen LogP contribution >= 0.6 is 0 Å². The van der Waals surface area contributed by atoms with Crippen LogP contribution in [0.25, 0.3) is 0 Å². The number of nitrogens with zero attached hydrogens (tertiary/aromatic N) is 1. The Bertz CT molecular complexity index is 575. The number of benzene rings is 1. The van der Waals surface area contributed by atoms with Crippen molar-refractivity contribution >= 4 is 0 Å². The molecule has 1 saturated heterocycles. The molecule has 0 amide bonds. The molecule has 1 unspecified atom stereocenters. The zero-order valence-electron chi connectivity index (χ0n) is 13.6. The molecule has 0 bridgehead atoms. The molecule has 4 nitrogen and oxygen atoms in total.